The van der Waals surface area contributed by atoms with Gasteiger partial charge in [-0.05, 0) is 29.8 Å². The molecule has 0 bridgehead atoms. The van der Waals surface area contributed by atoms with E-state index in [0.717, 1.165) is 42.5 Å². The molecule has 0 spiro atoms. The summed E-state index contributed by atoms with van der Waals surface area (Å²) < 4.78 is 89.9. The van der Waals surface area contributed by atoms with Crippen molar-refractivity contribution in [3.63, 3.8) is 0 Å². The highest BCUT2D eigenvalue weighted by Crippen LogP contribution is 2.29. The molecule has 3 nitrogen and oxygen atoms in total. The maximum Gasteiger partial charge on any atom is 0.416 e. The largest absolute Gasteiger partial charge is 0.416 e. The van der Waals surface area contributed by atoms with Gasteiger partial charge >= 0.3 is 6.18 Å². The topological polar surface area (TPSA) is 46.2 Å². The molecule has 124 valence electrons. The lowest BCUT2D eigenvalue weighted by molar-refractivity contribution is -0.137. The Hall–Kier alpha value is -2.00. The minimum absolute atomic E-state index is 0.207. The number of halogens is 5. The van der Waals surface area contributed by atoms with Crippen molar-refractivity contribution in [1.29, 1.82) is 0 Å². The molecule has 0 fully saturated rings. The lowest BCUT2D eigenvalue weighted by Gasteiger charge is -2.10. The van der Waals surface area contributed by atoms with Crippen LogP contribution in [0, 0.1) is 11.6 Å². The van der Waals surface area contributed by atoms with E-state index in [9.17, 15) is 30.4 Å². The van der Waals surface area contributed by atoms with Gasteiger partial charge in [-0.1, -0.05) is 18.2 Å². The Morgan fingerprint density at radius 2 is 1.43 bits per heavy atom. The first-order valence-corrected chi connectivity index (χ1v) is 7.69. The van der Waals surface area contributed by atoms with E-state index in [1.807, 2.05) is 4.72 Å². The molecule has 23 heavy (non-hydrogen) atoms. The van der Waals surface area contributed by atoms with E-state index in [0.29, 0.717) is 0 Å². The van der Waals surface area contributed by atoms with E-state index in [2.05, 4.69) is 0 Å². The number of hydrogen-bond donors (Lipinski definition) is 1. The molecule has 2 aromatic carbocycles. The van der Waals surface area contributed by atoms with Crippen LogP contribution in [0.25, 0.3) is 0 Å². The van der Waals surface area contributed by atoms with E-state index >= 15 is 0 Å². The van der Waals surface area contributed by atoms with Crippen LogP contribution in [-0.4, -0.2) is 8.42 Å². The van der Waals surface area contributed by atoms with Crippen molar-refractivity contribution in [3.8, 4) is 0 Å². The van der Waals surface area contributed by atoms with Gasteiger partial charge in [0.1, 0.15) is 11.6 Å². The zero-order valence-electron chi connectivity index (χ0n) is 11.4. The summed E-state index contributed by atoms with van der Waals surface area (Å²) in [5, 5.41) is 0. The number of rotatable bonds is 4. The second-order valence-electron chi connectivity index (χ2n) is 4.57. The molecule has 0 aromatic heterocycles. The van der Waals surface area contributed by atoms with Gasteiger partial charge in [0.25, 0.3) is 0 Å². The van der Waals surface area contributed by atoms with Crippen LogP contribution in [0.5, 0.6) is 0 Å². The minimum atomic E-state index is -4.51. The Morgan fingerprint density at radius 1 is 0.913 bits per heavy atom. The summed E-state index contributed by atoms with van der Waals surface area (Å²) in [6, 6.07) is 6.30. The van der Waals surface area contributed by atoms with Crippen LogP contribution in [-0.2, 0) is 22.7 Å². The summed E-state index contributed by atoms with van der Waals surface area (Å²) in [7, 11) is -4.48. The average molecular weight is 351 g/mol. The quantitative estimate of drug-likeness (QED) is 0.858. The fraction of sp³-hybridized carbons (Fsp3) is 0.143. The highest BCUT2D eigenvalue weighted by Gasteiger charge is 2.30. The predicted molar refractivity (Wildman–Crippen MR) is 71.8 cm³/mol. The number of nitrogens with one attached hydrogen (secondary N) is 1. The first kappa shape index (κ1) is 17.4. The Labute approximate surface area is 128 Å². The Balaban J connectivity index is 2.17. The van der Waals surface area contributed by atoms with Gasteiger partial charge < -0.3 is 0 Å². The van der Waals surface area contributed by atoms with Crippen molar-refractivity contribution in [2.45, 2.75) is 17.6 Å². The number of alkyl halides is 3. The van der Waals surface area contributed by atoms with Gasteiger partial charge in [-0.25, -0.2) is 21.9 Å². The van der Waals surface area contributed by atoms with Gasteiger partial charge in [0.2, 0.25) is 10.0 Å². The van der Waals surface area contributed by atoms with Crippen LogP contribution in [0.2, 0.25) is 0 Å². The molecule has 0 unspecified atom stereocenters. The monoisotopic (exact) mass is 351 g/mol. The van der Waals surface area contributed by atoms with E-state index in [4.69, 9.17) is 0 Å². The zero-order valence-corrected chi connectivity index (χ0v) is 12.2. The second-order valence-corrected chi connectivity index (χ2v) is 6.27. The van der Waals surface area contributed by atoms with E-state index in [1.165, 1.54) is 0 Å². The summed E-state index contributed by atoms with van der Waals surface area (Å²) in [5.41, 5.74) is -0.678. The van der Waals surface area contributed by atoms with Crippen LogP contribution >= 0.6 is 0 Å². The summed E-state index contributed by atoms with van der Waals surface area (Å²) in [5.74, 6) is -2.52. The van der Waals surface area contributed by atoms with E-state index in [-0.39, 0.29) is 5.56 Å². The molecule has 0 aliphatic carbocycles. The maximum atomic E-state index is 13.5. The SMILES string of the molecule is O=S(=O)(NCc1ccc(C(F)(F)F)cc1)c1c(F)cccc1F. The van der Waals surface area contributed by atoms with Crippen molar-refractivity contribution in [1.82, 2.24) is 4.72 Å². The van der Waals surface area contributed by atoms with Crippen LogP contribution in [0.15, 0.2) is 47.4 Å². The third kappa shape index (κ3) is 4.05. The average Bonchev–Trinajstić information content (AvgIpc) is 2.44. The molecule has 0 radical (unpaired) electrons. The zero-order chi connectivity index (χ0) is 17.3. The van der Waals surface area contributed by atoms with Gasteiger partial charge in [-0.3, -0.25) is 0 Å². The normalized spacial score (nSPS) is 12.4. The van der Waals surface area contributed by atoms with Crippen molar-refractivity contribution in [2.24, 2.45) is 0 Å². The summed E-state index contributed by atoms with van der Waals surface area (Å²) in [6.07, 6.45) is -4.51. The molecule has 1 N–H and O–H groups in total. The first-order valence-electron chi connectivity index (χ1n) is 6.21. The predicted octanol–water partition coefficient (Wildman–Crippen LogP) is 3.46. The molecule has 9 heteroatoms. The van der Waals surface area contributed by atoms with Gasteiger partial charge in [0, 0.05) is 6.54 Å². The molecular weight excluding hydrogens is 341 g/mol. The van der Waals surface area contributed by atoms with Crippen LogP contribution in [0.4, 0.5) is 22.0 Å². The van der Waals surface area contributed by atoms with E-state index < -0.39 is 44.8 Å². The van der Waals surface area contributed by atoms with Gasteiger partial charge in [0.05, 0.1) is 5.56 Å². The highest BCUT2D eigenvalue weighted by molar-refractivity contribution is 7.89. The maximum absolute atomic E-state index is 13.5. The van der Waals surface area contributed by atoms with Crippen molar-refractivity contribution in [3.05, 3.63) is 65.2 Å². The highest BCUT2D eigenvalue weighted by atomic mass is 32.2. The molecule has 0 saturated heterocycles. The van der Waals surface area contributed by atoms with E-state index in [1.54, 1.807) is 0 Å². The molecule has 0 atom stereocenters. The third-order valence-electron chi connectivity index (χ3n) is 2.94. The fourth-order valence-electron chi connectivity index (χ4n) is 1.80. The molecule has 2 rings (SSSR count). The van der Waals surface area contributed by atoms with Crippen LogP contribution < -0.4 is 4.72 Å². The molecule has 0 aliphatic rings. The number of benzene rings is 2. The fourth-order valence-corrected chi connectivity index (χ4v) is 2.95. The summed E-state index contributed by atoms with van der Waals surface area (Å²) >= 11 is 0. The lowest BCUT2D eigenvalue weighted by Crippen LogP contribution is -2.25. The van der Waals surface area contributed by atoms with Crippen molar-refractivity contribution >= 4 is 10.0 Å². The molecular formula is C14H10F5NO2S. The molecule has 0 amide bonds. The lowest BCUT2D eigenvalue weighted by atomic mass is 10.1. The smallest absolute Gasteiger partial charge is 0.207 e. The number of hydrogen-bond acceptors (Lipinski definition) is 2. The Bertz CT molecular complexity index is 781. The minimum Gasteiger partial charge on any atom is -0.207 e. The summed E-state index contributed by atoms with van der Waals surface area (Å²) in [6.45, 7) is -0.408. The molecule has 0 aliphatic heterocycles. The first-order chi connectivity index (χ1) is 10.6. The number of sulfonamides is 1. The van der Waals surface area contributed by atoms with Crippen molar-refractivity contribution in [2.75, 3.05) is 0 Å². The standard InChI is InChI=1S/C14H10F5NO2S/c15-11-2-1-3-12(16)13(11)23(21,22)20-8-9-4-6-10(7-5-9)14(17,18)19/h1-7,20H,8H2. The Morgan fingerprint density at radius 3 is 1.91 bits per heavy atom. The van der Waals surface area contributed by atoms with Crippen molar-refractivity contribution < 1.29 is 30.4 Å². The van der Waals surface area contributed by atoms with Gasteiger partial charge in [-0.2, -0.15) is 13.2 Å². The van der Waals surface area contributed by atoms with Gasteiger partial charge in [-0.15, -0.1) is 0 Å². The summed E-state index contributed by atoms with van der Waals surface area (Å²) in [4.78, 5) is -1.13. The molecule has 0 saturated carbocycles. The molecule has 2 aromatic rings. The van der Waals surface area contributed by atoms with Crippen LogP contribution in [0.3, 0.4) is 0 Å². The third-order valence-corrected chi connectivity index (χ3v) is 4.39. The van der Waals surface area contributed by atoms with Gasteiger partial charge in [0.15, 0.2) is 4.90 Å². The Kier molecular flexibility index (Phi) is 4.71. The van der Waals surface area contributed by atoms with Crippen LogP contribution in [0.1, 0.15) is 11.1 Å². The second kappa shape index (κ2) is 6.25. The molecule has 0 heterocycles.